The van der Waals surface area contributed by atoms with Crippen LogP contribution in [0.25, 0.3) is 10.9 Å². The van der Waals surface area contributed by atoms with Crippen LogP contribution in [0.4, 0.5) is 14.6 Å². The van der Waals surface area contributed by atoms with Crippen LogP contribution in [0.3, 0.4) is 0 Å². The standard InChI is InChI=1S/C26H24F2N4O3/c1-32-10-8-20(9-11-32)34-19-4-2-16(3-5-19)26(33)29-25-23-15-21(6-7-24(23)30-31-25)35-22-13-17(27)12-18(28)14-22/h2-7,12-15,20H,8-11H2,1H3,(H2,29,30,31,33). The largest absolute Gasteiger partial charge is 0.490 e. The Morgan fingerprint density at radius 1 is 0.971 bits per heavy atom. The normalized spacial score (nSPS) is 14.7. The maximum Gasteiger partial charge on any atom is 0.256 e. The van der Waals surface area contributed by atoms with E-state index >= 15 is 0 Å². The van der Waals surface area contributed by atoms with Crippen molar-refractivity contribution in [2.45, 2.75) is 18.9 Å². The molecule has 0 aliphatic carbocycles. The quantitative estimate of drug-likeness (QED) is 0.390. The minimum Gasteiger partial charge on any atom is -0.490 e. The average molecular weight is 478 g/mol. The lowest BCUT2D eigenvalue weighted by molar-refractivity contribution is 0.102. The van der Waals surface area contributed by atoms with E-state index in [4.69, 9.17) is 9.47 Å². The van der Waals surface area contributed by atoms with Crippen molar-refractivity contribution < 1.29 is 23.0 Å². The third-order valence-corrected chi connectivity index (χ3v) is 5.92. The number of halogens is 2. The highest BCUT2D eigenvalue weighted by Crippen LogP contribution is 2.29. The van der Waals surface area contributed by atoms with Gasteiger partial charge in [0.2, 0.25) is 0 Å². The fourth-order valence-electron chi connectivity index (χ4n) is 4.04. The number of amides is 1. The van der Waals surface area contributed by atoms with E-state index in [-0.39, 0.29) is 17.8 Å². The van der Waals surface area contributed by atoms with Crippen molar-refractivity contribution in [1.29, 1.82) is 0 Å². The zero-order valence-corrected chi connectivity index (χ0v) is 19.1. The summed E-state index contributed by atoms with van der Waals surface area (Å²) in [6, 6.07) is 14.9. The Labute approximate surface area is 200 Å². The Morgan fingerprint density at radius 3 is 2.37 bits per heavy atom. The maximum atomic E-state index is 13.5. The molecule has 1 saturated heterocycles. The lowest BCUT2D eigenvalue weighted by Crippen LogP contribution is -2.35. The summed E-state index contributed by atoms with van der Waals surface area (Å²) in [5, 5.41) is 10.4. The van der Waals surface area contributed by atoms with E-state index in [1.807, 2.05) is 0 Å². The Balaban J connectivity index is 1.27. The number of ether oxygens (including phenoxy) is 2. The van der Waals surface area contributed by atoms with E-state index in [0.717, 1.165) is 49.9 Å². The molecule has 0 spiro atoms. The second-order valence-electron chi connectivity index (χ2n) is 8.59. The van der Waals surface area contributed by atoms with E-state index < -0.39 is 11.6 Å². The molecule has 1 fully saturated rings. The van der Waals surface area contributed by atoms with Crippen LogP contribution in [0, 0.1) is 11.6 Å². The van der Waals surface area contributed by atoms with Crippen molar-refractivity contribution in [3.63, 3.8) is 0 Å². The summed E-state index contributed by atoms with van der Waals surface area (Å²) in [6.45, 7) is 2.02. The van der Waals surface area contributed by atoms with Gasteiger partial charge < -0.3 is 19.7 Å². The maximum absolute atomic E-state index is 13.5. The number of fused-ring (bicyclic) bond motifs is 1. The molecule has 1 amide bonds. The number of carbonyl (C=O) groups excluding carboxylic acids is 1. The monoisotopic (exact) mass is 478 g/mol. The Hall–Kier alpha value is -3.98. The van der Waals surface area contributed by atoms with E-state index in [1.54, 1.807) is 42.5 Å². The summed E-state index contributed by atoms with van der Waals surface area (Å²) < 4.78 is 38.6. The van der Waals surface area contributed by atoms with Gasteiger partial charge >= 0.3 is 0 Å². The van der Waals surface area contributed by atoms with Crippen molar-refractivity contribution in [1.82, 2.24) is 15.1 Å². The lowest BCUT2D eigenvalue weighted by Gasteiger charge is -2.29. The number of hydrogen-bond donors (Lipinski definition) is 2. The summed E-state index contributed by atoms with van der Waals surface area (Å²) in [5.74, 6) is -0.388. The van der Waals surface area contributed by atoms with Crippen LogP contribution < -0.4 is 14.8 Å². The molecular formula is C26H24F2N4O3. The third kappa shape index (κ3) is 5.41. The van der Waals surface area contributed by atoms with E-state index in [9.17, 15) is 13.6 Å². The molecule has 3 aromatic carbocycles. The molecule has 0 bridgehead atoms. The van der Waals surface area contributed by atoms with Crippen LogP contribution in [0.2, 0.25) is 0 Å². The molecule has 1 aliphatic heterocycles. The number of carbonyl (C=O) groups is 1. The Bertz CT molecular complexity index is 1330. The van der Waals surface area contributed by atoms with Gasteiger partial charge in [0, 0.05) is 42.2 Å². The summed E-state index contributed by atoms with van der Waals surface area (Å²) in [4.78, 5) is 15.1. The SMILES string of the molecule is CN1CCC(Oc2ccc(C(=O)Nc3n[nH]c4ccc(Oc5cc(F)cc(F)c5)cc34)cc2)CC1. The van der Waals surface area contributed by atoms with E-state index in [0.29, 0.717) is 28.0 Å². The number of piperidine rings is 1. The van der Waals surface area contributed by atoms with Gasteiger partial charge in [-0.3, -0.25) is 9.89 Å². The number of aromatic amines is 1. The molecule has 7 nitrogen and oxygen atoms in total. The van der Waals surface area contributed by atoms with Gasteiger partial charge in [-0.15, -0.1) is 0 Å². The molecule has 1 aliphatic rings. The zero-order chi connectivity index (χ0) is 24.4. The number of rotatable bonds is 6. The van der Waals surface area contributed by atoms with E-state index in [2.05, 4.69) is 27.5 Å². The average Bonchev–Trinajstić information content (AvgIpc) is 3.22. The number of hydrogen-bond acceptors (Lipinski definition) is 5. The van der Waals surface area contributed by atoms with Gasteiger partial charge in [-0.2, -0.15) is 5.10 Å². The number of aromatic nitrogens is 2. The van der Waals surface area contributed by atoms with Crippen LogP contribution in [0.5, 0.6) is 17.2 Å². The number of anilines is 1. The third-order valence-electron chi connectivity index (χ3n) is 5.92. The van der Waals surface area contributed by atoms with Gasteiger partial charge in [-0.25, -0.2) is 8.78 Å². The predicted molar refractivity (Wildman–Crippen MR) is 128 cm³/mol. The first-order valence-electron chi connectivity index (χ1n) is 11.3. The van der Waals surface area contributed by atoms with Gasteiger partial charge in [0.1, 0.15) is 35.0 Å². The lowest BCUT2D eigenvalue weighted by atomic mass is 10.1. The second kappa shape index (κ2) is 9.71. The first-order valence-corrected chi connectivity index (χ1v) is 11.3. The summed E-state index contributed by atoms with van der Waals surface area (Å²) in [7, 11) is 2.10. The molecule has 0 unspecified atom stereocenters. The Morgan fingerprint density at radius 2 is 1.66 bits per heavy atom. The van der Waals surface area contributed by atoms with Crippen molar-refractivity contribution in [2.75, 3.05) is 25.5 Å². The molecular weight excluding hydrogens is 454 g/mol. The van der Waals surface area contributed by atoms with Crippen molar-refractivity contribution >= 4 is 22.6 Å². The highest BCUT2D eigenvalue weighted by atomic mass is 19.1. The fraction of sp³-hybridized carbons (Fsp3) is 0.231. The molecule has 0 radical (unpaired) electrons. The van der Waals surface area contributed by atoms with Crippen molar-refractivity contribution in [3.05, 3.63) is 77.9 Å². The first-order chi connectivity index (χ1) is 16.9. The van der Waals surface area contributed by atoms with Gasteiger partial charge in [0.15, 0.2) is 5.82 Å². The molecule has 180 valence electrons. The number of nitrogens with zero attached hydrogens (tertiary/aromatic N) is 2. The minimum atomic E-state index is -0.736. The molecule has 2 N–H and O–H groups in total. The van der Waals surface area contributed by atoms with Gasteiger partial charge in [0.25, 0.3) is 5.91 Å². The highest BCUT2D eigenvalue weighted by Gasteiger charge is 2.18. The predicted octanol–water partition coefficient (Wildman–Crippen LogP) is 5.36. The van der Waals surface area contributed by atoms with Crippen LogP contribution in [-0.2, 0) is 0 Å². The summed E-state index contributed by atoms with van der Waals surface area (Å²) in [5.41, 5.74) is 1.12. The molecule has 5 rings (SSSR count). The van der Waals surface area contributed by atoms with Crippen molar-refractivity contribution in [2.24, 2.45) is 0 Å². The first kappa shape index (κ1) is 22.8. The number of nitrogens with one attached hydrogen (secondary N) is 2. The molecule has 35 heavy (non-hydrogen) atoms. The second-order valence-corrected chi connectivity index (χ2v) is 8.59. The van der Waals surface area contributed by atoms with Gasteiger partial charge in [-0.1, -0.05) is 0 Å². The number of likely N-dealkylation sites (tertiary alicyclic amines) is 1. The number of H-pyrrole nitrogens is 1. The fourth-order valence-corrected chi connectivity index (χ4v) is 4.04. The molecule has 0 atom stereocenters. The minimum absolute atomic E-state index is 0.0264. The Kier molecular flexibility index (Phi) is 6.33. The number of benzene rings is 3. The zero-order valence-electron chi connectivity index (χ0n) is 19.1. The molecule has 2 heterocycles. The van der Waals surface area contributed by atoms with Crippen LogP contribution in [-0.4, -0.2) is 47.2 Å². The summed E-state index contributed by atoms with van der Waals surface area (Å²) >= 11 is 0. The van der Waals surface area contributed by atoms with Crippen LogP contribution in [0.1, 0.15) is 23.2 Å². The van der Waals surface area contributed by atoms with Crippen LogP contribution >= 0.6 is 0 Å². The smallest absolute Gasteiger partial charge is 0.256 e. The van der Waals surface area contributed by atoms with Crippen molar-refractivity contribution in [3.8, 4) is 17.2 Å². The molecule has 9 heteroatoms. The van der Waals surface area contributed by atoms with E-state index in [1.165, 1.54) is 0 Å². The summed E-state index contributed by atoms with van der Waals surface area (Å²) in [6.07, 6.45) is 2.14. The highest BCUT2D eigenvalue weighted by molar-refractivity contribution is 6.08. The van der Waals surface area contributed by atoms with Gasteiger partial charge in [-0.05, 0) is 62.4 Å². The topological polar surface area (TPSA) is 79.5 Å². The van der Waals surface area contributed by atoms with Gasteiger partial charge in [0.05, 0.1) is 5.52 Å². The molecule has 0 saturated carbocycles. The van der Waals surface area contributed by atoms with Crippen LogP contribution in [0.15, 0.2) is 60.7 Å². The molecule has 1 aromatic heterocycles. The molecule has 4 aromatic rings.